The predicted octanol–water partition coefficient (Wildman–Crippen LogP) is 6.26. The van der Waals surface area contributed by atoms with E-state index in [0.717, 1.165) is 17.6 Å². The van der Waals surface area contributed by atoms with E-state index in [1.54, 1.807) is 31.2 Å². The van der Waals surface area contributed by atoms with Crippen molar-refractivity contribution in [1.82, 2.24) is 0 Å². The number of carbonyl (C=O) groups is 1. The Bertz CT molecular complexity index is 611. The molecule has 0 atom stereocenters. The fraction of sp³-hybridized carbons (Fsp3) is 0.450. The second kappa shape index (κ2) is 8.32. The fourth-order valence-corrected chi connectivity index (χ4v) is 2.79. The fourth-order valence-electron chi connectivity index (χ4n) is 2.79. The zero-order valence-corrected chi connectivity index (χ0v) is 14.7. The molecule has 0 unspecified atom stereocenters. The Hall–Kier alpha value is -1.84. The smallest absolute Gasteiger partial charge is 0.299 e. The van der Waals surface area contributed by atoms with Crippen molar-refractivity contribution in [2.45, 2.75) is 53.1 Å². The van der Waals surface area contributed by atoms with Gasteiger partial charge < -0.3 is 0 Å². The average Bonchev–Trinajstić information content (AvgIpc) is 2.44. The molecule has 1 aliphatic rings. The minimum absolute atomic E-state index is 0.0882. The topological polar surface area (TPSA) is 17.1 Å². The van der Waals surface area contributed by atoms with Crippen LogP contribution in [0.15, 0.2) is 58.7 Å². The molecule has 1 rings (SSSR count). The van der Waals surface area contributed by atoms with Gasteiger partial charge in [-0.25, -0.2) is 0 Å². The first kappa shape index (κ1) is 20.2. The highest BCUT2D eigenvalue weighted by molar-refractivity contribution is 5.66. The van der Waals surface area contributed by atoms with Crippen LogP contribution in [0.4, 0.5) is 13.2 Å². The van der Waals surface area contributed by atoms with Gasteiger partial charge in [-0.15, -0.1) is 0 Å². The van der Waals surface area contributed by atoms with Gasteiger partial charge in [0.1, 0.15) is 6.29 Å². The molecule has 0 saturated carbocycles. The van der Waals surface area contributed by atoms with Crippen LogP contribution < -0.4 is 0 Å². The third-order valence-electron chi connectivity index (χ3n) is 4.19. The molecule has 0 spiro atoms. The minimum Gasteiger partial charge on any atom is -0.299 e. The van der Waals surface area contributed by atoms with Crippen molar-refractivity contribution in [3.05, 3.63) is 58.7 Å². The first-order chi connectivity index (χ1) is 11.1. The molecular formula is C20H25F3O. The van der Waals surface area contributed by atoms with Crippen molar-refractivity contribution in [2.24, 2.45) is 5.41 Å². The summed E-state index contributed by atoms with van der Waals surface area (Å²) >= 11 is 0. The lowest BCUT2D eigenvalue weighted by Gasteiger charge is -2.34. The molecule has 0 aliphatic heterocycles. The van der Waals surface area contributed by atoms with Crippen LogP contribution in [0.5, 0.6) is 0 Å². The van der Waals surface area contributed by atoms with Crippen LogP contribution in [-0.2, 0) is 4.79 Å². The summed E-state index contributed by atoms with van der Waals surface area (Å²) in [6.45, 7) is 7.37. The average molecular weight is 338 g/mol. The van der Waals surface area contributed by atoms with E-state index < -0.39 is 17.2 Å². The van der Waals surface area contributed by atoms with E-state index in [4.69, 9.17) is 0 Å². The Morgan fingerprint density at radius 2 is 1.71 bits per heavy atom. The van der Waals surface area contributed by atoms with Crippen LogP contribution in [0.1, 0.15) is 47.0 Å². The van der Waals surface area contributed by atoms with E-state index in [0.29, 0.717) is 18.3 Å². The molecule has 0 saturated heterocycles. The lowest BCUT2D eigenvalue weighted by atomic mass is 9.72. The van der Waals surface area contributed by atoms with Gasteiger partial charge in [0.15, 0.2) is 0 Å². The number of hydrogen-bond donors (Lipinski definition) is 0. The Kier molecular flexibility index (Phi) is 7.00. The standard InChI is InChI=1S/C20H25F3O/c1-15(7-5-8-16(2)12-14-24)10-11-17-18(20(21,22)23)9-6-13-19(17,3)4/h5,7-8,10-12,14H,6,9,13H2,1-4H3/b8-5+,11-10+,15-7+,16-12+. The van der Waals surface area contributed by atoms with Crippen molar-refractivity contribution < 1.29 is 18.0 Å². The molecule has 0 aromatic carbocycles. The SMILES string of the molecule is CC(/C=C/C=C(C)/C=C/C1=C(C(F)(F)F)CCCC1(C)C)=C\C=O. The monoisotopic (exact) mass is 338 g/mol. The van der Waals surface area contributed by atoms with Crippen molar-refractivity contribution in [3.8, 4) is 0 Å². The molecule has 4 heteroatoms. The van der Waals surface area contributed by atoms with Gasteiger partial charge in [-0.2, -0.15) is 13.2 Å². The third-order valence-corrected chi connectivity index (χ3v) is 4.19. The van der Waals surface area contributed by atoms with Gasteiger partial charge in [-0.05, 0) is 55.7 Å². The largest absolute Gasteiger partial charge is 0.412 e. The molecule has 0 bridgehead atoms. The van der Waals surface area contributed by atoms with Crippen molar-refractivity contribution in [1.29, 1.82) is 0 Å². The number of allylic oxidation sites excluding steroid dienone is 10. The lowest BCUT2D eigenvalue weighted by molar-refractivity contribution is -0.104. The molecular weight excluding hydrogens is 313 g/mol. The first-order valence-electron chi connectivity index (χ1n) is 8.04. The molecule has 132 valence electrons. The summed E-state index contributed by atoms with van der Waals surface area (Å²) in [5.74, 6) is 0. The van der Waals surface area contributed by atoms with Crippen LogP contribution in [0.2, 0.25) is 0 Å². The maximum absolute atomic E-state index is 13.3. The third kappa shape index (κ3) is 5.99. The molecule has 0 amide bonds. The number of rotatable bonds is 5. The lowest BCUT2D eigenvalue weighted by Crippen LogP contribution is -2.26. The van der Waals surface area contributed by atoms with Gasteiger partial charge in [-0.1, -0.05) is 49.8 Å². The summed E-state index contributed by atoms with van der Waals surface area (Å²) in [6, 6.07) is 0. The molecule has 0 N–H and O–H groups in total. The van der Waals surface area contributed by atoms with E-state index in [2.05, 4.69) is 0 Å². The van der Waals surface area contributed by atoms with E-state index >= 15 is 0 Å². The quantitative estimate of drug-likeness (QED) is 0.328. The Morgan fingerprint density at radius 1 is 1.08 bits per heavy atom. The molecule has 0 aromatic rings. The van der Waals surface area contributed by atoms with E-state index in [1.165, 1.54) is 6.08 Å². The minimum atomic E-state index is -4.27. The van der Waals surface area contributed by atoms with Crippen LogP contribution in [0.25, 0.3) is 0 Å². The van der Waals surface area contributed by atoms with Crippen molar-refractivity contribution >= 4 is 6.29 Å². The highest BCUT2D eigenvalue weighted by atomic mass is 19.4. The van der Waals surface area contributed by atoms with Gasteiger partial charge >= 0.3 is 6.18 Å². The van der Waals surface area contributed by atoms with E-state index in [9.17, 15) is 18.0 Å². The molecule has 0 radical (unpaired) electrons. The van der Waals surface area contributed by atoms with Gasteiger partial charge in [0, 0.05) is 5.57 Å². The van der Waals surface area contributed by atoms with Crippen molar-refractivity contribution in [2.75, 3.05) is 0 Å². The molecule has 0 aromatic heterocycles. The molecule has 0 heterocycles. The Morgan fingerprint density at radius 3 is 2.29 bits per heavy atom. The van der Waals surface area contributed by atoms with Gasteiger partial charge in [0.25, 0.3) is 0 Å². The number of carbonyl (C=O) groups excluding carboxylic acids is 1. The number of hydrogen-bond acceptors (Lipinski definition) is 1. The van der Waals surface area contributed by atoms with Crippen LogP contribution in [0, 0.1) is 5.41 Å². The van der Waals surface area contributed by atoms with E-state index in [1.807, 2.05) is 26.8 Å². The normalized spacial score (nSPS) is 20.3. The maximum Gasteiger partial charge on any atom is 0.412 e. The van der Waals surface area contributed by atoms with Gasteiger partial charge in [0.2, 0.25) is 0 Å². The van der Waals surface area contributed by atoms with Gasteiger partial charge in [0.05, 0.1) is 0 Å². The van der Waals surface area contributed by atoms with E-state index in [-0.39, 0.29) is 6.42 Å². The second-order valence-corrected chi connectivity index (χ2v) is 6.78. The van der Waals surface area contributed by atoms with Crippen LogP contribution in [0.3, 0.4) is 0 Å². The highest BCUT2D eigenvalue weighted by Gasteiger charge is 2.41. The predicted molar refractivity (Wildman–Crippen MR) is 92.6 cm³/mol. The van der Waals surface area contributed by atoms with Crippen LogP contribution in [-0.4, -0.2) is 12.5 Å². The number of aldehydes is 1. The number of alkyl halides is 3. The molecule has 24 heavy (non-hydrogen) atoms. The summed E-state index contributed by atoms with van der Waals surface area (Å²) in [7, 11) is 0. The Labute approximate surface area is 142 Å². The van der Waals surface area contributed by atoms with Crippen LogP contribution >= 0.6 is 0 Å². The number of halogens is 3. The zero-order valence-electron chi connectivity index (χ0n) is 14.7. The maximum atomic E-state index is 13.3. The summed E-state index contributed by atoms with van der Waals surface area (Å²) in [5.41, 5.74) is 1.17. The molecule has 0 fully saturated rings. The zero-order chi connectivity index (χ0) is 18.4. The first-order valence-corrected chi connectivity index (χ1v) is 8.04. The second-order valence-electron chi connectivity index (χ2n) is 6.78. The van der Waals surface area contributed by atoms with Gasteiger partial charge in [-0.3, -0.25) is 4.79 Å². The molecule has 1 aliphatic carbocycles. The summed E-state index contributed by atoms with van der Waals surface area (Å²) in [4.78, 5) is 10.3. The van der Waals surface area contributed by atoms with Crippen molar-refractivity contribution in [3.63, 3.8) is 0 Å². The molecule has 1 nitrogen and oxygen atoms in total. The highest BCUT2D eigenvalue weighted by Crippen LogP contribution is 2.46. The Balaban J connectivity index is 3.05. The summed E-state index contributed by atoms with van der Waals surface area (Å²) in [5, 5.41) is 0. The summed E-state index contributed by atoms with van der Waals surface area (Å²) in [6.07, 6.45) is 7.99. The summed E-state index contributed by atoms with van der Waals surface area (Å²) < 4.78 is 39.8.